The van der Waals surface area contributed by atoms with Gasteiger partial charge in [0.2, 0.25) is 0 Å². The number of carbonyl (C=O) groups is 1. The number of nitrogens with one attached hydrogen (secondary N) is 2. The zero-order valence-corrected chi connectivity index (χ0v) is 15.1. The van der Waals surface area contributed by atoms with Crippen LogP contribution in [0.4, 0.5) is 4.79 Å². The van der Waals surface area contributed by atoms with Crippen LogP contribution in [0, 0.1) is 13.8 Å². The number of amides is 2. The third kappa shape index (κ3) is 5.09. The molecule has 1 spiro atoms. The van der Waals surface area contributed by atoms with Crippen molar-refractivity contribution in [3.05, 3.63) is 29.3 Å². The highest BCUT2D eigenvalue weighted by molar-refractivity contribution is 5.74. The van der Waals surface area contributed by atoms with Gasteiger partial charge >= 0.3 is 6.03 Å². The van der Waals surface area contributed by atoms with Gasteiger partial charge in [-0.2, -0.15) is 0 Å². The molecule has 2 aliphatic heterocycles. The van der Waals surface area contributed by atoms with Gasteiger partial charge in [0.25, 0.3) is 0 Å². The predicted octanol–water partition coefficient (Wildman–Crippen LogP) is 2.32. The largest absolute Gasteiger partial charge is 0.492 e. The smallest absolute Gasteiger partial charge is 0.315 e. The van der Waals surface area contributed by atoms with Crippen molar-refractivity contribution in [2.45, 2.75) is 44.8 Å². The van der Waals surface area contributed by atoms with Gasteiger partial charge in [0, 0.05) is 25.7 Å². The third-order valence-electron chi connectivity index (χ3n) is 4.75. The summed E-state index contributed by atoms with van der Waals surface area (Å²) < 4.78 is 17.1. The summed E-state index contributed by atoms with van der Waals surface area (Å²) in [5, 5.41) is 5.91. The van der Waals surface area contributed by atoms with E-state index in [0.717, 1.165) is 31.6 Å². The zero-order valence-electron chi connectivity index (χ0n) is 15.1. The van der Waals surface area contributed by atoms with Crippen LogP contribution in [-0.2, 0) is 9.47 Å². The van der Waals surface area contributed by atoms with Gasteiger partial charge in [-0.3, -0.25) is 0 Å². The van der Waals surface area contributed by atoms with E-state index < -0.39 is 0 Å². The van der Waals surface area contributed by atoms with E-state index in [0.29, 0.717) is 26.4 Å². The van der Waals surface area contributed by atoms with Crippen LogP contribution in [0.1, 0.15) is 30.4 Å². The van der Waals surface area contributed by atoms with E-state index in [4.69, 9.17) is 14.2 Å². The lowest BCUT2D eigenvalue weighted by molar-refractivity contribution is -0.0878. The van der Waals surface area contributed by atoms with Gasteiger partial charge in [0.05, 0.1) is 18.8 Å². The maximum atomic E-state index is 12.1. The van der Waals surface area contributed by atoms with Crippen LogP contribution in [0.2, 0.25) is 0 Å². The first kappa shape index (κ1) is 18.0. The van der Waals surface area contributed by atoms with Gasteiger partial charge in [-0.1, -0.05) is 6.07 Å². The van der Waals surface area contributed by atoms with Gasteiger partial charge in [0.1, 0.15) is 12.4 Å². The average Bonchev–Trinajstić information content (AvgIpc) is 2.98. The minimum absolute atomic E-state index is 0.135. The average molecular weight is 348 g/mol. The van der Waals surface area contributed by atoms with Gasteiger partial charge in [0.15, 0.2) is 0 Å². The van der Waals surface area contributed by atoms with Crippen LogP contribution in [-0.4, -0.2) is 50.6 Å². The van der Waals surface area contributed by atoms with E-state index in [9.17, 15) is 4.79 Å². The normalized spacial score (nSPS) is 25.8. The van der Waals surface area contributed by atoms with Crippen LogP contribution >= 0.6 is 0 Å². The van der Waals surface area contributed by atoms with Crippen molar-refractivity contribution < 1.29 is 19.0 Å². The highest BCUT2D eigenvalue weighted by Crippen LogP contribution is 2.32. The molecule has 0 aliphatic carbocycles. The van der Waals surface area contributed by atoms with E-state index in [2.05, 4.69) is 16.7 Å². The Morgan fingerprint density at radius 2 is 2.08 bits per heavy atom. The van der Waals surface area contributed by atoms with Crippen molar-refractivity contribution in [3.63, 3.8) is 0 Å². The Kier molecular flexibility index (Phi) is 5.81. The Balaban J connectivity index is 1.36. The highest BCUT2D eigenvalue weighted by atomic mass is 16.6. The molecule has 0 unspecified atom stereocenters. The minimum Gasteiger partial charge on any atom is -0.492 e. The highest BCUT2D eigenvalue weighted by Gasteiger charge is 2.41. The molecule has 2 N–H and O–H groups in total. The van der Waals surface area contributed by atoms with Gasteiger partial charge in [-0.25, -0.2) is 4.79 Å². The zero-order chi connectivity index (χ0) is 17.7. The fraction of sp³-hybridized carbons (Fsp3) is 0.632. The molecule has 1 aromatic rings. The molecule has 0 saturated carbocycles. The predicted molar refractivity (Wildman–Crippen MR) is 95.1 cm³/mol. The summed E-state index contributed by atoms with van der Waals surface area (Å²) in [6.45, 7) is 7.05. The summed E-state index contributed by atoms with van der Waals surface area (Å²) in [5.74, 6) is 0.840. The fourth-order valence-electron chi connectivity index (χ4n) is 3.60. The van der Waals surface area contributed by atoms with Gasteiger partial charge in [-0.15, -0.1) is 0 Å². The first-order valence-electron chi connectivity index (χ1n) is 9.02. The van der Waals surface area contributed by atoms with Crippen LogP contribution in [0.25, 0.3) is 0 Å². The number of ether oxygens (including phenoxy) is 3. The van der Waals surface area contributed by atoms with Gasteiger partial charge in [-0.05, 0) is 49.9 Å². The molecule has 2 saturated heterocycles. The topological polar surface area (TPSA) is 68.8 Å². The van der Waals surface area contributed by atoms with Crippen LogP contribution in [0.5, 0.6) is 5.75 Å². The molecular weight excluding hydrogens is 320 g/mol. The van der Waals surface area contributed by atoms with E-state index in [1.807, 2.05) is 26.0 Å². The summed E-state index contributed by atoms with van der Waals surface area (Å²) in [6, 6.07) is 6.09. The number of aryl methyl sites for hydroxylation is 2. The van der Waals surface area contributed by atoms with E-state index in [-0.39, 0.29) is 17.7 Å². The summed E-state index contributed by atoms with van der Waals surface area (Å²) in [6.07, 6.45) is 2.57. The Labute approximate surface area is 149 Å². The number of hydrogen-bond acceptors (Lipinski definition) is 4. The van der Waals surface area contributed by atoms with Crippen molar-refractivity contribution in [2.75, 3.05) is 33.0 Å². The van der Waals surface area contributed by atoms with Crippen molar-refractivity contribution in [2.24, 2.45) is 0 Å². The number of urea groups is 1. The molecule has 3 rings (SSSR count). The molecule has 0 bridgehead atoms. The SMILES string of the molecule is Cc1cc(C)cc(OCCNC(=O)N[C@H]2CCO[C@@]3(CCOC3)C2)c1. The van der Waals surface area contributed by atoms with Gasteiger partial charge < -0.3 is 24.8 Å². The van der Waals surface area contributed by atoms with Crippen molar-refractivity contribution in [1.82, 2.24) is 10.6 Å². The van der Waals surface area contributed by atoms with E-state index >= 15 is 0 Å². The Bertz CT molecular complexity index is 579. The number of benzene rings is 1. The van der Waals surface area contributed by atoms with E-state index in [1.165, 1.54) is 11.1 Å². The molecule has 1 aromatic carbocycles. The van der Waals surface area contributed by atoms with Crippen LogP contribution in [0.15, 0.2) is 18.2 Å². The molecule has 0 aromatic heterocycles. The lowest BCUT2D eigenvalue weighted by atomic mass is 9.90. The molecule has 2 heterocycles. The van der Waals surface area contributed by atoms with E-state index in [1.54, 1.807) is 0 Å². The van der Waals surface area contributed by atoms with Crippen molar-refractivity contribution in [1.29, 1.82) is 0 Å². The monoisotopic (exact) mass is 348 g/mol. The van der Waals surface area contributed by atoms with Crippen LogP contribution < -0.4 is 15.4 Å². The maximum absolute atomic E-state index is 12.1. The molecule has 2 amide bonds. The first-order valence-corrected chi connectivity index (χ1v) is 9.02. The molecule has 138 valence electrons. The maximum Gasteiger partial charge on any atom is 0.315 e. The Morgan fingerprint density at radius 1 is 1.28 bits per heavy atom. The minimum atomic E-state index is -0.192. The molecular formula is C19H28N2O4. The molecule has 0 radical (unpaired) electrons. The Morgan fingerprint density at radius 3 is 2.80 bits per heavy atom. The van der Waals surface area contributed by atoms with Crippen molar-refractivity contribution in [3.8, 4) is 5.75 Å². The molecule has 6 heteroatoms. The molecule has 25 heavy (non-hydrogen) atoms. The molecule has 6 nitrogen and oxygen atoms in total. The van der Waals surface area contributed by atoms with Crippen molar-refractivity contribution >= 4 is 6.03 Å². The summed E-state index contributed by atoms with van der Waals surface area (Å²) >= 11 is 0. The lowest BCUT2D eigenvalue weighted by Gasteiger charge is -2.37. The fourth-order valence-corrected chi connectivity index (χ4v) is 3.60. The summed E-state index contributed by atoms with van der Waals surface area (Å²) in [5.41, 5.74) is 2.15. The number of hydrogen-bond donors (Lipinski definition) is 2. The Hall–Kier alpha value is -1.79. The number of carbonyl (C=O) groups excluding carboxylic acids is 1. The first-order chi connectivity index (χ1) is 12.0. The molecule has 2 atom stereocenters. The molecule has 2 aliphatic rings. The quantitative estimate of drug-likeness (QED) is 0.802. The summed E-state index contributed by atoms with van der Waals surface area (Å²) in [7, 11) is 0. The summed E-state index contributed by atoms with van der Waals surface area (Å²) in [4.78, 5) is 12.1. The van der Waals surface area contributed by atoms with Crippen LogP contribution in [0.3, 0.4) is 0 Å². The second kappa shape index (κ2) is 8.06. The second-order valence-corrected chi connectivity index (χ2v) is 7.10. The number of rotatable bonds is 5. The molecule has 2 fully saturated rings. The third-order valence-corrected chi connectivity index (χ3v) is 4.75. The second-order valence-electron chi connectivity index (χ2n) is 7.10. The lowest BCUT2D eigenvalue weighted by Crippen LogP contribution is -2.51. The standard InChI is InChI=1S/C19H28N2O4/c1-14-9-15(2)11-17(10-14)24-8-5-20-18(22)21-16-3-6-25-19(12-16)4-7-23-13-19/h9-11,16H,3-8,12-13H2,1-2H3,(H2,20,21,22)/t16-,19-/m0/s1.